The molecule has 1 aromatic heterocycles. The third-order valence-electron chi connectivity index (χ3n) is 4.32. The molecule has 3 aromatic rings. The number of carbonyl (C=O) groups is 2. The van der Waals surface area contributed by atoms with Crippen molar-refractivity contribution < 1.29 is 14.3 Å². The highest BCUT2D eigenvalue weighted by molar-refractivity contribution is 5.84. The summed E-state index contributed by atoms with van der Waals surface area (Å²) in [7, 11) is 1.28. The minimum absolute atomic E-state index is 0.0379. The summed E-state index contributed by atoms with van der Waals surface area (Å²) in [5.74, 6) is -0.261. The second-order valence-corrected chi connectivity index (χ2v) is 6.28. The number of nitrogens with one attached hydrogen (secondary N) is 3. The molecule has 0 aliphatic carbocycles. The van der Waals surface area contributed by atoms with E-state index in [0.29, 0.717) is 23.0 Å². The van der Waals surface area contributed by atoms with Crippen LogP contribution in [0.3, 0.4) is 0 Å². The van der Waals surface area contributed by atoms with Crippen LogP contribution in [0.4, 0.5) is 10.5 Å². The van der Waals surface area contributed by atoms with Gasteiger partial charge < -0.3 is 10.1 Å². The predicted molar refractivity (Wildman–Crippen MR) is 108 cm³/mol. The lowest BCUT2D eigenvalue weighted by atomic mass is 10.2. The predicted octanol–water partition coefficient (Wildman–Crippen LogP) is 1.57. The Morgan fingerprint density at radius 2 is 1.72 bits per heavy atom. The molecule has 0 spiro atoms. The van der Waals surface area contributed by atoms with Gasteiger partial charge in [-0.05, 0) is 29.8 Å². The Bertz CT molecular complexity index is 1150. The number of methoxy groups -OCH3 is 1. The quantitative estimate of drug-likeness (QED) is 0.584. The number of rotatable bonds is 6. The molecule has 0 saturated carbocycles. The number of fused-ring (bicyclic) bond motifs is 1. The second kappa shape index (κ2) is 8.87. The number of hydrogen-bond acceptors (Lipinski definition) is 5. The number of aromatic amines is 1. The van der Waals surface area contributed by atoms with Gasteiger partial charge in [-0.1, -0.05) is 24.3 Å². The fourth-order valence-electron chi connectivity index (χ4n) is 2.78. The molecule has 1 heterocycles. The summed E-state index contributed by atoms with van der Waals surface area (Å²) in [5, 5.41) is 8.43. The maximum atomic E-state index is 12.4. The molecule has 29 heavy (non-hydrogen) atoms. The van der Waals surface area contributed by atoms with Gasteiger partial charge in [0, 0.05) is 18.7 Å². The summed E-state index contributed by atoms with van der Waals surface area (Å²) in [6.45, 7) is 0.354. The fraction of sp³-hybridized carbons (Fsp3) is 0.200. The molecule has 0 radical (unpaired) electrons. The molecule has 0 aliphatic heterocycles. The zero-order chi connectivity index (χ0) is 20.8. The molecule has 0 atom stereocenters. The van der Waals surface area contributed by atoms with Crippen molar-refractivity contribution in [3.8, 4) is 0 Å². The van der Waals surface area contributed by atoms with Crippen molar-refractivity contribution in [1.82, 2.24) is 15.1 Å². The minimum atomic E-state index is -0.562. The first-order valence-corrected chi connectivity index (χ1v) is 8.90. The fourth-order valence-corrected chi connectivity index (χ4v) is 2.78. The van der Waals surface area contributed by atoms with Crippen LogP contribution in [0.15, 0.2) is 58.1 Å². The normalized spacial score (nSPS) is 10.5. The summed E-state index contributed by atoms with van der Waals surface area (Å²) in [4.78, 5) is 47.8. The highest BCUT2D eigenvalue weighted by Crippen LogP contribution is 2.10. The van der Waals surface area contributed by atoms with Crippen LogP contribution in [0.2, 0.25) is 0 Å². The number of anilines is 1. The first kappa shape index (κ1) is 19.9. The van der Waals surface area contributed by atoms with Crippen LogP contribution in [0.5, 0.6) is 0 Å². The number of nitrogens with zero attached hydrogens (tertiary/aromatic N) is 1. The molecule has 150 valence electrons. The van der Waals surface area contributed by atoms with Gasteiger partial charge in [0.05, 0.1) is 24.4 Å². The largest absolute Gasteiger partial charge is 0.453 e. The maximum absolute atomic E-state index is 12.4. The van der Waals surface area contributed by atoms with Crippen LogP contribution in [0.25, 0.3) is 10.8 Å². The smallest absolute Gasteiger partial charge is 0.411 e. The van der Waals surface area contributed by atoms with E-state index >= 15 is 0 Å². The van der Waals surface area contributed by atoms with Gasteiger partial charge in [-0.2, -0.15) is 0 Å². The van der Waals surface area contributed by atoms with Gasteiger partial charge in [0.1, 0.15) is 0 Å². The van der Waals surface area contributed by atoms with Crippen molar-refractivity contribution in [2.75, 3.05) is 12.4 Å². The van der Waals surface area contributed by atoms with Crippen LogP contribution in [-0.2, 0) is 22.6 Å². The lowest BCUT2D eigenvalue weighted by Crippen LogP contribution is -2.32. The monoisotopic (exact) mass is 396 g/mol. The van der Waals surface area contributed by atoms with Crippen LogP contribution in [-0.4, -0.2) is 28.9 Å². The molecule has 3 rings (SSSR count). The molecule has 9 heteroatoms. The van der Waals surface area contributed by atoms with Gasteiger partial charge in [0.25, 0.3) is 11.1 Å². The molecule has 2 aromatic carbocycles. The Morgan fingerprint density at radius 3 is 2.41 bits per heavy atom. The first-order chi connectivity index (χ1) is 14.0. The number of aromatic nitrogens is 2. The van der Waals surface area contributed by atoms with E-state index in [1.807, 2.05) is 0 Å². The number of H-pyrrole nitrogens is 1. The van der Waals surface area contributed by atoms with Gasteiger partial charge in [0.15, 0.2) is 0 Å². The Kier molecular flexibility index (Phi) is 6.08. The van der Waals surface area contributed by atoms with E-state index in [1.54, 1.807) is 48.5 Å². The van der Waals surface area contributed by atoms with Gasteiger partial charge in [0.2, 0.25) is 5.91 Å². The number of amides is 2. The molecule has 0 fully saturated rings. The van der Waals surface area contributed by atoms with E-state index in [0.717, 1.165) is 10.2 Å². The number of ether oxygens (including phenoxy) is 1. The van der Waals surface area contributed by atoms with Crippen molar-refractivity contribution in [1.29, 1.82) is 0 Å². The number of carbonyl (C=O) groups excluding carboxylic acids is 2. The lowest BCUT2D eigenvalue weighted by molar-refractivity contribution is -0.121. The second-order valence-electron chi connectivity index (χ2n) is 6.28. The van der Waals surface area contributed by atoms with Crippen molar-refractivity contribution in [2.24, 2.45) is 0 Å². The minimum Gasteiger partial charge on any atom is -0.453 e. The maximum Gasteiger partial charge on any atom is 0.411 e. The average Bonchev–Trinajstić information content (AvgIpc) is 2.74. The van der Waals surface area contributed by atoms with Crippen molar-refractivity contribution in [2.45, 2.75) is 19.5 Å². The zero-order valence-electron chi connectivity index (χ0n) is 15.7. The van der Waals surface area contributed by atoms with Crippen LogP contribution in [0.1, 0.15) is 12.0 Å². The molecule has 0 saturated heterocycles. The van der Waals surface area contributed by atoms with Gasteiger partial charge >= 0.3 is 6.09 Å². The highest BCUT2D eigenvalue weighted by atomic mass is 16.5. The van der Waals surface area contributed by atoms with Gasteiger partial charge in [-0.15, -0.1) is 0 Å². The molecular weight excluding hydrogens is 376 g/mol. The Balaban J connectivity index is 1.56. The topological polar surface area (TPSA) is 122 Å². The standard InChI is InChI=1S/C20H20N4O5/c1-29-20(28)22-14-8-6-13(7-9-14)12-21-17(25)10-11-24-19(27)16-5-3-2-4-15(16)18(26)23-24/h2-9H,10-12H2,1H3,(H,21,25)(H,22,28)(H,23,26). The Labute approximate surface area is 165 Å². The van der Waals surface area contributed by atoms with E-state index in [-0.39, 0.29) is 30.0 Å². The third-order valence-corrected chi connectivity index (χ3v) is 4.32. The van der Waals surface area contributed by atoms with Gasteiger partial charge in [-0.3, -0.25) is 24.8 Å². The molecule has 0 unspecified atom stereocenters. The van der Waals surface area contributed by atoms with E-state index in [4.69, 9.17) is 0 Å². The molecule has 2 amide bonds. The Hall–Kier alpha value is -3.88. The first-order valence-electron chi connectivity index (χ1n) is 8.90. The van der Waals surface area contributed by atoms with E-state index in [2.05, 4.69) is 20.5 Å². The summed E-state index contributed by atoms with van der Waals surface area (Å²) in [5.41, 5.74) is 0.694. The number of hydrogen-bond donors (Lipinski definition) is 3. The summed E-state index contributed by atoms with van der Waals surface area (Å²) in [6, 6.07) is 13.4. The van der Waals surface area contributed by atoms with E-state index < -0.39 is 6.09 Å². The average molecular weight is 396 g/mol. The molecule has 3 N–H and O–H groups in total. The number of aryl methyl sites for hydroxylation is 1. The van der Waals surface area contributed by atoms with Crippen LogP contribution in [0, 0.1) is 0 Å². The van der Waals surface area contributed by atoms with Gasteiger partial charge in [-0.25, -0.2) is 9.48 Å². The summed E-state index contributed by atoms with van der Waals surface area (Å²) >= 11 is 0. The highest BCUT2D eigenvalue weighted by Gasteiger charge is 2.09. The van der Waals surface area contributed by atoms with E-state index in [1.165, 1.54) is 7.11 Å². The number of benzene rings is 2. The van der Waals surface area contributed by atoms with E-state index in [9.17, 15) is 19.2 Å². The molecule has 0 bridgehead atoms. The summed E-state index contributed by atoms with van der Waals surface area (Å²) < 4.78 is 5.66. The third kappa shape index (κ3) is 4.89. The molecule has 0 aliphatic rings. The van der Waals surface area contributed by atoms with Crippen molar-refractivity contribution >= 4 is 28.5 Å². The summed E-state index contributed by atoms with van der Waals surface area (Å²) in [6.07, 6.45) is -0.524. The zero-order valence-corrected chi connectivity index (χ0v) is 15.7. The van der Waals surface area contributed by atoms with Crippen LogP contribution >= 0.6 is 0 Å². The molecule has 9 nitrogen and oxygen atoms in total. The lowest BCUT2D eigenvalue weighted by Gasteiger charge is -2.09. The van der Waals surface area contributed by atoms with Crippen molar-refractivity contribution in [3.05, 3.63) is 74.8 Å². The SMILES string of the molecule is COC(=O)Nc1ccc(CNC(=O)CCn2[nH]c(=O)c3ccccc3c2=O)cc1. The van der Waals surface area contributed by atoms with Crippen LogP contribution < -0.4 is 21.8 Å². The Morgan fingerprint density at radius 1 is 1.03 bits per heavy atom. The van der Waals surface area contributed by atoms with Crippen molar-refractivity contribution in [3.63, 3.8) is 0 Å². The molecular formula is C20H20N4O5.